The molecule has 1 amide bonds. The molecular formula is C33H40N4O4. The molecule has 6 rings (SSSR count). The number of fused-ring (bicyclic) bond motifs is 2. The number of aryl methyl sites for hydroxylation is 2. The molecular weight excluding hydrogens is 516 g/mol. The molecule has 0 bridgehead atoms. The van der Waals surface area contributed by atoms with Crippen LogP contribution in [0.2, 0.25) is 0 Å². The van der Waals surface area contributed by atoms with E-state index in [0.29, 0.717) is 35.9 Å². The van der Waals surface area contributed by atoms with E-state index in [2.05, 4.69) is 35.9 Å². The lowest BCUT2D eigenvalue weighted by atomic mass is 9.81. The number of carbonyl (C=O) groups excluding carboxylic acids is 1. The lowest BCUT2D eigenvalue weighted by Gasteiger charge is -2.39. The molecule has 8 heteroatoms. The van der Waals surface area contributed by atoms with Crippen molar-refractivity contribution >= 4 is 5.91 Å². The number of rotatable bonds is 5. The fourth-order valence-electron chi connectivity index (χ4n) is 7.11. The SMILES string of the molecule is Cc1cc(C)c(CN2CCc3c(c(C)c4c(c3-c3ccncc3)O[C@@](C)(C3CCC(N(C)C)CC3)O4)C2=O)c(=O)[nH]1. The van der Waals surface area contributed by atoms with E-state index in [1.807, 2.05) is 39.0 Å². The Morgan fingerprint density at radius 2 is 1.71 bits per heavy atom. The van der Waals surface area contributed by atoms with Crippen LogP contribution >= 0.6 is 0 Å². The van der Waals surface area contributed by atoms with Crippen LogP contribution in [0.25, 0.3) is 11.1 Å². The van der Waals surface area contributed by atoms with Gasteiger partial charge < -0.3 is 24.3 Å². The summed E-state index contributed by atoms with van der Waals surface area (Å²) in [6.45, 7) is 8.61. The van der Waals surface area contributed by atoms with Gasteiger partial charge in [-0.1, -0.05) is 0 Å². The molecule has 2 aromatic heterocycles. The summed E-state index contributed by atoms with van der Waals surface area (Å²) >= 11 is 0. The van der Waals surface area contributed by atoms with E-state index in [1.54, 1.807) is 17.3 Å². The molecule has 3 aromatic rings. The molecule has 1 atom stereocenters. The third-order valence-corrected chi connectivity index (χ3v) is 9.48. The number of benzene rings is 1. The first kappa shape index (κ1) is 27.5. The van der Waals surface area contributed by atoms with Gasteiger partial charge in [0.05, 0.1) is 12.1 Å². The molecule has 1 fully saturated rings. The molecule has 2 aliphatic heterocycles. The van der Waals surface area contributed by atoms with Crippen LogP contribution in [0.15, 0.2) is 35.4 Å². The Kier molecular flexibility index (Phi) is 6.92. The van der Waals surface area contributed by atoms with Crippen molar-refractivity contribution in [2.75, 3.05) is 20.6 Å². The third kappa shape index (κ3) is 4.72. The molecule has 0 unspecified atom stereocenters. The van der Waals surface area contributed by atoms with Crippen molar-refractivity contribution in [2.45, 2.75) is 78.2 Å². The second kappa shape index (κ2) is 10.3. The van der Waals surface area contributed by atoms with Crippen molar-refractivity contribution in [2.24, 2.45) is 5.92 Å². The van der Waals surface area contributed by atoms with Gasteiger partial charge in [0.25, 0.3) is 17.3 Å². The van der Waals surface area contributed by atoms with E-state index in [1.165, 1.54) is 0 Å². The number of aromatic nitrogens is 2. The summed E-state index contributed by atoms with van der Waals surface area (Å²) in [5.41, 5.74) is 6.53. The third-order valence-electron chi connectivity index (χ3n) is 9.48. The Hall–Kier alpha value is -3.65. The van der Waals surface area contributed by atoms with Gasteiger partial charge in [-0.2, -0.15) is 0 Å². The fraction of sp³-hybridized carbons (Fsp3) is 0.485. The summed E-state index contributed by atoms with van der Waals surface area (Å²) in [6.07, 6.45) is 8.46. The van der Waals surface area contributed by atoms with Gasteiger partial charge in [-0.05, 0) is 102 Å². The van der Waals surface area contributed by atoms with Crippen molar-refractivity contribution < 1.29 is 14.3 Å². The van der Waals surface area contributed by atoms with Gasteiger partial charge in [-0.15, -0.1) is 0 Å². The Labute approximate surface area is 241 Å². The van der Waals surface area contributed by atoms with Crippen molar-refractivity contribution in [1.29, 1.82) is 0 Å². The highest BCUT2D eigenvalue weighted by Gasteiger charge is 2.49. The largest absolute Gasteiger partial charge is 0.448 e. The minimum Gasteiger partial charge on any atom is -0.448 e. The summed E-state index contributed by atoms with van der Waals surface area (Å²) < 4.78 is 13.6. The Bertz CT molecular complexity index is 1560. The lowest BCUT2D eigenvalue weighted by molar-refractivity contribution is -0.123. The van der Waals surface area contributed by atoms with Crippen LogP contribution in [0.4, 0.5) is 0 Å². The number of ether oxygens (including phenoxy) is 2. The van der Waals surface area contributed by atoms with Crippen LogP contribution in [0.1, 0.15) is 70.9 Å². The second-order valence-corrected chi connectivity index (χ2v) is 12.4. The van der Waals surface area contributed by atoms with Crippen LogP contribution in [0.5, 0.6) is 11.5 Å². The Morgan fingerprint density at radius 3 is 2.37 bits per heavy atom. The second-order valence-electron chi connectivity index (χ2n) is 12.4. The smallest absolute Gasteiger partial charge is 0.254 e. The van der Waals surface area contributed by atoms with Gasteiger partial charge in [0.15, 0.2) is 11.5 Å². The van der Waals surface area contributed by atoms with Crippen LogP contribution in [0, 0.1) is 26.7 Å². The predicted molar refractivity (Wildman–Crippen MR) is 158 cm³/mol. The van der Waals surface area contributed by atoms with Crippen LogP contribution in [-0.4, -0.2) is 58.1 Å². The van der Waals surface area contributed by atoms with Crippen molar-refractivity contribution in [1.82, 2.24) is 19.8 Å². The minimum atomic E-state index is -0.800. The molecule has 0 radical (unpaired) electrons. The number of H-pyrrole nitrogens is 1. The molecule has 41 heavy (non-hydrogen) atoms. The molecule has 1 aliphatic carbocycles. The van der Waals surface area contributed by atoms with Crippen molar-refractivity contribution in [3.05, 3.63) is 74.5 Å². The number of nitrogens with zero attached hydrogens (tertiary/aromatic N) is 3. The van der Waals surface area contributed by atoms with E-state index in [-0.39, 0.29) is 23.9 Å². The van der Waals surface area contributed by atoms with Crippen LogP contribution < -0.4 is 15.0 Å². The van der Waals surface area contributed by atoms with Crippen LogP contribution in [0.3, 0.4) is 0 Å². The molecule has 1 saturated carbocycles. The summed E-state index contributed by atoms with van der Waals surface area (Å²) in [7, 11) is 4.30. The average Bonchev–Trinajstić information content (AvgIpc) is 3.31. The maximum absolute atomic E-state index is 14.2. The highest BCUT2D eigenvalue weighted by molar-refractivity contribution is 6.02. The van der Waals surface area contributed by atoms with Crippen LogP contribution in [-0.2, 0) is 13.0 Å². The summed E-state index contributed by atoms with van der Waals surface area (Å²) in [4.78, 5) is 38.2. The van der Waals surface area contributed by atoms with Gasteiger partial charge in [0, 0.05) is 60.2 Å². The number of aromatic amines is 1. The number of hydrogen-bond donors (Lipinski definition) is 1. The zero-order valence-corrected chi connectivity index (χ0v) is 25.0. The predicted octanol–water partition coefficient (Wildman–Crippen LogP) is 5.17. The van der Waals surface area contributed by atoms with Gasteiger partial charge in [-0.25, -0.2) is 0 Å². The van der Waals surface area contributed by atoms with E-state index in [0.717, 1.165) is 64.9 Å². The summed E-state index contributed by atoms with van der Waals surface area (Å²) in [5.74, 6) is 0.760. The van der Waals surface area contributed by atoms with E-state index in [9.17, 15) is 9.59 Å². The monoisotopic (exact) mass is 556 g/mol. The lowest BCUT2D eigenvalue weighted by Crippen LogP contribution is -2.46. The van der Waals surface area contributed by atoms with Gasteiger partial charge >= 0.3 is 0 Å². The molecule has 8 nitrogen and oxygen atoms in total. The maximum Gasteiger partial charge on any atom is 0.254 e. The normalized spacial score (nSPS) is 23.7. The molecule has 0 spiro atoms. The quantitative estimate of drug-likeness (QED) is 0.467. The fourth-order valence-corrected chi connectivity index (χ4v) is 7.11. The van der Waals surface area contributed by atoms with E-state index < -0.39 is 5.79 Å². The molecule has 0 saturated heterocycles. The number of nitrogens with one attached hydrogen (secondary N) is 1. The summed E-state index contributed by atoms with van der Waals surface area (Å²) in [5, 5.41) is 0. The zero-order valence-electron chi connectivity index (χ0n) is 25.0. The van der Waals surface area contributed by atoms with Crippen molar-refractivity contribution in [3.63, 3.8) is 0 Å². The van der Waals surface area contributed by atoms with Gasteiger partial charge in [0.1, 0.15) is 0 Å². The number of pyridine rings is 2. The number of hydrogen-bond acceptors (Lipinski definition) is 6. The standard InChI is InChI=1S/C33H40N4O4/c1-19-17-20(2)35-31(38)26(19)18-37-16-13-25-27(32(37)39)21(3)29-30(28(25)22-11-14-34-15-12-22)41-33(4,40-29)23-7-9-24(10-8-23)36(5)6/h11-12,14-15,17,23-24H,7-10,13,16,18H2,1-6H3,(H,35,38)/t23?,24?,33-/m0/s1. The highest BCUT2D eigenvalue weighted by Crippen LogP contribution is 2.55. The Balaban J connectivity index is 1.40. The number of carbonyl (C=O) groups is 1. The summed E-state index contributed by atoms with van der Waals surface area (Å²) in [6, 6.07) is 6.47. The first-order valence-electron chi connectivity index (χ1n) is 14.7. The molecule has 216 valence electrons. The molecule has 1 N–H and O–H groups in total. The maximum atomic E-state index is 14.2. The van der Waals surface area contributed by atoms with Gasteiger partial charge in [-0.3, -0.25) is 14.6 Å². The first-order valence-corrected chi connectivity index (χ1v) is 14.7. The highest BCUT2D eigenvalue weighted by atomic mass is 16.7. The minimum absolute atomic E-state index is 0.0788. The molecule has 3 aliphatic rings. The zero-order chi connectivity index (χ0) is 29.1. The topological polar surface area (TPSA) is 87.8 Å². The van der Waals surface area contributed by atoms with Crippen molar-refractivity contribution in [3.8, 4) is 22.6 Å². The van der Waals surface area contributed by atoms with Gasteiger partial charge in [0.2, 0.25) is 0 Å². The molecule has 4 heterocycles. The van der Waals surface area contributed by atoms with E-state index >= 15 is 0 Å². The van der Waals surface area contributed by atoms with E-state index in [4.69, 9.17) is 9.47 Å². The number of amides is 1. The molecule has 1 aromatic carbocycles. The first-order chi connectivity index (χ1) is 19.6. The average molecular weight is 557 g/mol. The Morgan fingerprint density at radius 1 is 1.02 bits per heavy atom.